The van der Waals surface area contributed by atoms with E-state index in [2.05, 4.69) is 0 Å². The zero-order valence-corrected chi connectivity index (χ0v) is 8.51. The summed E-state index contributed by atoms with van der Waals surface area (Å²) in [7, 11) is 0. The summed E-state index contributed by atoms with van der Waals surface area (Å²) in [6.45, 7) is 0. The second-order valence-corrected chi connectivity index (χ2v) is 2.16. The van der Waals surface area contributed by atoms with Gasteiger partial charge in [-0.05, 0) is 12.1 Å². The van der Waals surface area contributed by atoms with Crippen molar-refractivity contribution in [2.24, 2.45) is 0 Å². The van der Waals surface area contributed by atoms with Gasteiger partial charge in [0, 0.05) is 34.1 Å². The largest absolute Gasteiger partial charge is 0.478 e. The van der Waals surface area contributed by atoms with Gasteiger partial charge in [0.1, 0.15) is 0 Å². The molecule has 6 heteroatoms. The van der Waals surface area contributed by atoms with Crippen molar-refractivity contribution in [1.82, 2.24) is 0 Å². The summed E-state index contributed by atoms with van der Waals surface area (Å²) in [4.78, 5) is 20.9. The van der Waals surface area contributed by atoms with Gasteiger partial charge in [-0.3, -0.25) is 0 Å². The Kier molecular flexibility index (Phi) is 7.41. The Morgan fingerprint density at radius 2 is 1.14 bits per heavy atom. The van der Waals surface area contributed by atoms with Crippen LogP contribution in [0.5, 0.6) is 0 Å². The third-order valence-electron chi connectivity index (χ3n) is 1.39. The van der Waals surface area contributed by atoms with E-state index in [0.717, 1.165) is 0 Å². The van der Waals surface area contributed by atoms with Crippen molar-refractivity contribution in [2.75, 3.05) is 0 Å². The first-order valence-corrected chi connectivity index (χ1v) is 3.18. The van der Waals surface area contributed by atoms with Crippen molar-refractivity contribution in [1.29, 1.82) is 0 Å². The van der Waals surface area contributed by atoms with Crippen LogP contribution in [0, 0.1) is 0 Å². The van der Waals surface area contributed by atoms with Crippen molar-refractivity contribution in [2.45, 2.75) is 0 Å². The first-order chi connectivity index (χ1) is 5.63. The monoisotopic (exact) mass is 292 g/mol. The SMILES string of the molecule is O=C(O)c1ccccc1C(=O)O.[Cu].[Cu]. The molecule has 0 saturated carbocycles. The summed E-state index contributed by atoms with van der Waals surface area (Å²) in [6.07, 6.45) is 0. The Labute approximate surface area is 101 Å². The Hall–Kier alpha value is -0.801. The van der Waals surface area contributed by atoms with E-state index in [-0.39, 0.29) is 45.3 Å². The van der Waals surface area contributed by atoms with E-state index in [1.54, 1.807) is 0 Å². The van der Waals surface area contributed by atoms with E-state index in [0.29, 0.717) is 0 Å². The number of rotatable bonds is 2. The fourth-order valence-electron chi connectivity index (χ4n) is 0.856. The van der Waals surface area contributed by atoms with Crippen molar-refractivity contribution in [3.8, 4) is 0 Å². The van der Waals surface area contributed by atoms with E-state index >= 15 is 0 Å². The molecule has 0 spiro atoms. The molecule has 14 heavy (non-hydrogen) atoms. The number of carboxylic acid groups (broad SMARTS) is 2. The Morgan fingerprint density at radius 3 is 1.36 bits per heavy atom. The molecule has 0 amide bonds. The Bertz CT molecular complexity index is 305. The smallest absolute Gasteiger partial charge is 0.336 e. The fraction of sp³-hybridized carbons (Fsp3) is 0. The quantitative estimate of drug-likeness (QED) is 0.800. The number of hydrogen-bond donors (Lipinski definition) is 2. The molecule has 0 bridgehead atoms. The van der Waals surface area contributed by atoms with Gasteiger partial charge in [-0.1, -0.05) is 12.1 Å². The van der Waals surface area contributed by atoms with Crippen molar-refractivity contribution >= 4 is 11.9 Å². The molecule has 0 saturated heterocycles. The molecule has 2 N–H and O–H groups in total. The number of aromatic carboxylic acids is 2. The molecule has 0 heterocycles. The third-order valence-corrected chi connectivity index (χ3v) is 1.39. The van der Waals surface area contributed by atoms with Gasteiger partial charge >= 0.3 is 11.9 Å². The minimum Gasteiger partial charge on any atom is -0.478 e. The molecule has 2 radical (unpaired) electrons. The van der Waals surface area contributed by atoms with Crippen LogP contribution in [0.3, 0.4) is 0 Å². The number of hydrogen-bond acceptors (Lipinski definition) is 2. The maximum atomic E-state index is 10.5. The van der Waals surface area contributed by atoms with Crippen LogP contribution in [-0.4, -0.2) is 22.2 Å². The van der Waals surface area contributed by atoms with Crippen molar-refractivity contribution in [3.63, 3.8) is 0 Å². The van der Waals surface area contributed by atoms with Gasteiger partial charge in [0.05, 0.1) is 11.1 Å². The maximum absolute atomic E-state index is 10.5. The van der Waals surface area contributed by atoms with Gasteiger partial charge in [-0.2, -0.15) is 0 Å². The molecule has 0 aromatic heterocycles. The topological polar surface area (TPSA) is 74.6 Å². The first kappa shape index (κ1) is 15.7. The van der Waals surface area contributed by atoms with E-state index in [4.69, 9.17) is 10.2 Å². The minimum absolute atomic E-state index is 0. The standard InChI is InChI=1S/C8H6O4.2Cu/c9-7(10)5-3-1-2-4-6(5)8(11)12;;/h1-4H,(H,9,10)(H,11,12);;. The summed E-state index contributed by atoms with van der Waals surface area (Å²) in [5.74, 6) is -2.46. The molecule has 1 rings (SSSR count). The molecule has 1 aromatic rings. The molecule has 0 unspecified atom stereocenters. The Balaban J connectivity index is 0. The summed E-state index contributed by atoms with van der Waals surface area (Å²) < 4.78 is 0. The molecule has 1 aromatic carbocycles. The van der Waals surface area contributed by atoms with Gasteiger partial charge in [0.15, 0.2) is 0 Å². The van der Waals surface area contributed by atoms with Crippen LogP contribution < -0.4 is 0 Å². The number of benzene rings is 1. The van der Waals surface area contributed by atoms with Gasteiger partial charge < -0.3 is 10.2 Å². The average molecular weight is 293 g/mol. The second-order valence-electron chi connectivity index (χ2n) is 2.16. The van der Waals surface area contributed by atoms with Crippen molar-refractivity contribution in [3.05, 3.63) is 35.4 Å². The summed E-state index contributed by atoms with van der Waals surface area (Å²) in [5, 5.41) is 17.1. The molecule has 84 valence electrons. The summed E-state index contributed by atoms with van der Waals surface area (Å²) in [5.41, 5.74) is -0.380. The normalized spacial score (nSPS) is 8.00. The van der Waals surface area contributed by atoms with E-state index < -0.39 is 11.9 Å². The molecule has 0 aliphatic heterocycles. The van der Waals surface area contributed by atoms with Crippen LogP contribution in [-0.2, 0) is 34.1 Å². The zero-order valence-electron chi connectivity index (χ0n) is 6.62. The third kappa shape index (κ3) is 3.52. The molecule has 4 nitrogen and oxygen atoms in total. The predicted octanol–water partition coefficient (Wildman–Crippen LogP) is 1.08. The van der Waals surface area contributed by atoms with Crippen LogP contribution in [0.25, 0.3) is 0 Å². The molecule has 0 aliphatic carbocycles. The summed E-state index contributed by atoms with van der Waals surface area (Å²) >= 11 is 0. The van der Waals surface area contributed by atoms with Crippen molar-refractivity contribution < 1.29 is 53.9 Å². The predicted molar refractivity (Wildman–Crippen MR) is 40.4 cm³/mol. The van der Waals surface area contributed by atoms with E-state index in [1.807, 2.05) is 0 Å². The second kappa shape index (κ2) is 6.62. The van der Waals surface area contributed by atoms with Gasteiger partial charge in [0.25, 0.3) is 0 Å². The first-order valence-electron chi connectivity index (χ1n) is 3.18. The zero-order chi connectivity index (χ0) is 9.14. The van der Waals surface area contributed by atoms with Gasteiger partial charge in [-0.15, -0.1) is 0 Å². The number of carbonyl (C=O) groups is 2. The van der Waals surface area contributed by atoms with E-state index in [9.17, 15) is 9.59 Å². The Morgan fingerprint density at radius 1 is 0.857 bits per heavy atom. The summed E-state index contributed by atoms with van der Waals surface area (Å²) in [6, 6.07) is 5.48. The van der Waals surface area contributed by atoms with Gasteiger partial charge in [0.2, 0.25) is 0 Å². The average Bonchev–Trinajstić information content (AvgIpc) is 2.04. The molecule has 0 aliphatic rings. The number of carboxylic acids is 2. The molecule has 0 atom stereocenters. The van der Waals surface area contributed by atoms with Crippen LogP contribution in [0.15, 0.2) is 24.3 Å². The van der Waals surface area contributed by atoms with Crippen LogP contribution in [0.1, 0.15) is 20.7 Å². The van der Waals surface area contributed by atoms with E-state index in [1.165, 1.54) is 24.3 Å². The molecular weight excluding hydrogens is 287 g/mol. The molecular formula is C8H6Cu2O4. The fourth-order valence-corrected chi connectivity index (χ4v) is 0.856. The van der Waals surface area contributed by atoms with Gasteiger partial charge in [-0.25, -0.2) is 9.59 Å². The molecule has 0 fully saturated rings. The van der Waals surface area contributed by atoms with Crippen LogP contribution in [0.2, 0.25) is 0 Å². The maximum Gasteiger partial charge on any atom is 0.336 e. The minimum atomic E-state index is -1.23. The van der Waals surface area contributed by atoms with Crippen LogP contribution >= 0.6 is 0 Å². The van der Waals surface area contributed by atoms with Crippen LogP contribution in [0.4, 0.5) is 0 Å².